The second kappa shape index (κ2) is 7.27. The third-order valence-electron chi connectivity index (χ3n) is 3.11. The third-order valence-corrected chi connectivity index (χ3v) is 4.23. The van der Waals surface area contributed by atoms with E-state index in [1.807, 2.05) is 37.3 Å². The molecule has 0 aliphatic carbocycles. The van der Waals surface area contributed by atoms with Crippen LogP contribution in [0.25, 0.3) is 0 Å². The summed E-state index contributed by atoms with van der Waals surface area (Å²) in [6.45, 7) is 4.01. The number of aryl methyl sites for hydroxylation is 1. The molecule has 2 rings (SSSR count). The van der Waals surface area contributed by atoms with Crippen molar-refractivity contribution in [3.05, 3.63) is 65.5 Å². The lowest BCUT2D eigenvalue weighted by Gasteiger charge is -2.12. The van der Waals surface area contributed by atoms with Gasteiger partial charge in [0, 0.05) is 11.4 Å². The molecule has 110 valence electrons. The van der Waals surface area contributed by atoms with E-state index in [9.17, 15) is 9.18 Å². The minimum Gasteiger partial charge on any atom is -0.351 e. The zero-order chi connectivity index (χ0) is 15.2. The summed E-state index contributed by atoms with van der Waals surface area (Å²) in [5.41, 5.74) is 1.49. The van der Waals surface area contributed by atoms with Crippen LogP contribution in [-0.2, 0) is 11.3 Å². The maximum absolute atomic E-state index is 13.2. The van der Waals surface area contributed by atoms with Gasteiger partial charge in [-0.25, -0.2) is 4.39 Å². The van der Waals surface area contributed by atoms with Crippen LogP contribution in [0.15, 0.2) is 53.4 Å². The molecule has 2 aromatic carbocycles. The van der Waals surface area contributed by atoms with E-state index in [4.69, 9.17) is 0 Å². The molecular formula is C17H18FNOS. The molecule has 1 amide bonds. The minimum atomic E-state index is -0.224. The number of benzene rings is 2. The highest BCUT2D eigenvalue weighted by molar-refractivity contribution is 8.00. The van der Waals surface area contributed by atoms with Crippen LogP contribution >= 0.6 is 11.8 Å². The van der Waals surface area contributed by atoms with E-state index < -0.39 is 0 Å². The minimum absolute atomic E-state index is 0.0224. The first-order chi connectivity index (χ1) is 10.1. The van der Waals surface area contributed by atoms with Crippen LogP contribution in [0.3, 0.4) is 0 Å². The third kappa shape index (κ3) is 4.60. The summed E-state index contributed by atoms with van der Waals surface area (Å²) in [6.07, 6.45) is 0. The summed E-state index contributed by atoms with van der Waals surface area (Å²) in [4.78, 5) is 13.1. The molecule has 0 saturated heterocycles. The van der Waals surface area contributed by atoms with Crippen LogP contribution < -0.4 is 5.32 Å². The zero-order valence-corrected chi connectivity index (χ0v) is 12.9. The molecule has 1 N–H and O–H groups in total. The van der Waals surface area contributed by atoms with Gasteiger partial charge in [0.25, 0.3) is 0 Å². The van der Waals surface area contributed by atoms with E-state index >= 15 is 0 Å². The number of carbonyl (C=O) groups excluding carboxylic acids is 1. The molecule has 1 unspecified atom stereocenters. The van der Waals surface area contributed by atoms with E-state index in [2.05, 4.69) is 5.32 Å². The van der Waals surface area contributed by atoms with Crippen molar-refractivity contribution in [1.82, 2.24) is 5.32 Å². The van der Waals surface area contributed by atoms with Gasteiger partial charge < -0.3 is 5.32 Å². The van der Waals surface area contributed by atoms with Gasteiger partial charge in [-0.15, -0.1) is 11.8 Å². The maximum atomic E-state index is 13.2. The number of rotatable bonds is 5. The molecule has 0 heterocycles. The van der Waals surface area contributed by atoms with Crippen LogP contribution in [0, 0.1) is 12.7 Å². The first-order valence-corrected chi connectivity index (χ1v) is 7.68. The number of halogens is 1. The predicted molar refractivity (Wildman–Crippen MR) is 84.7 cm³/mol. The Morgan fingerprint density at radius 2 is 1.95 bits per heavy atom. The molecule has 0 bridgehead atoms. The molecule has 0 spiro atoms. The van der Waals surface area contributed by atoms with Crippen LogP contribution in [0.4, 0.5) is 4.39 Å². The molecule has 4 heteroatoms. The van der Waals surface area contributed by atoms with E-state index in [1.54, 1.807) is 19.1 Å². The van der Waals surface area contributed by atoms with Crippen molar-refractivity contribution in [2.45, 2.75) is 30.5 Å². The highest BCUT2D eigenvalue weighted by Gasteiger charge is 2.13. The molecule has 0 radical (unpaired) electrons. The fourth-order valence-corrected chi connectivity index (χ4v) is 2.82. The molecule has 21 heavy (non-hydrogen) atoms. The maximum Gasteiger partial charge on any atom is 0.233 e. The van der Waals surface area contributed by atoms with E-state index in [0.29, 0.717) is 12.1 Å². The molecular weight excluding hydrogens is 285 g/mol. The molecule has 0 aromatic heterocycles. The molecule has 0 aliphatic heterocycles. The average Bonchev–Trinajstić information content (AvgIpc) is 2.49. The average molecular weight is 303 g/mol. The Morgan fingerprint density at radius 1 is 1.24 bits per heavy atom. The van der Waals surface area contributed by atoms with Gasteiger partial charge in [-0.05, 0) is 43.2 Å². The van der Waals surface area contributed by atoms with Gasteiger partial charge in [-0.2, -0.15) is 0 Å². The van der Waals surface area contributed by atoms with E-state index in [1.165, 1.54) is 17.8 Å². The van der Waals surface area contributed by atoms with Crippen molar-refractivity contribution < 1.29 is 9.18 Å². The lowest BCUT2D eigenvalue weighted by Crippen LogP contribution is -2.30. The second-order valence-electron chi connectivity index (χ2n) is 4.87. The summed E-state index contributed by atoms with van der Waals surface area (Å²) in [5.74, 6) is -0.246. The van der Waals surface area contributed by atoms with Crippen LogP contribution in [0.1, 0.15) is 18.1 Å². The van der Waals surface area contributed by atoms with Crippen molar-refractivity contribution in [2.75, 3.05) is 0 Å². The Bertz CT molecular complexity index is 615. The van der Waals surface area contributed by atoms with E-state index in [-0.39, 0.29) is 17.0 Å². The SMILES string of the molecule is Cc1cc(CNC(=O)C(C)Sc2ccccc2)ccc1F. The van der Waals surface area contributed by atoms with Gasteiger partial charge in [-0.1, -0.05) is 30.3 Å². The monoisotopic (exact) mass is 303 g/mol. The summed E-state index contributed by atoms with van der Waals surface area (Å²) in [7, 11) is 0. The molecule has 0 saturated carbocycles. The molecule has 0 aliphatic rings. The number of amides is 1. The fraction of sp³-hybridized carbons (Fsp3) is 0.235. The van der Waals surface area contributed by atoms with Gasteiger partial charge in [0.1, 0.15) is 5.82 Å². The van der Waals surface area contributed by atoms with Crippen LogP contribution in [0.5, 0.6) is 0 Å². The van der Waals surface area contributed by atoms with Crippen LogP contribution in [-0.4, -0.2) is 11.2 Å². The van der Waals surface area contributed by atoms with Crippen molar-refractivity contribution in [1.29, 1.82) is 0 Å². The summed E-state index contributed by atoms with van der Waals surface area (Å²) in [6, 6.07) is 14.7. The van der Waals surface area contributed by atoms with Gasteiger partial charge in [0.05, 0.1) is 5.25 Å². The zero-order valence-electron chi connectivity index (χ0n) is 12.1. The molecule has 2 aromatic rings. The Hall–Kier alpha value is -1.81. The van der Waals surface area contributed by atoms with E-state index in [0.717, 1.165) is 10.5 Å². The Balaban J connectivity index is 1.87. The summed E-state index contributed by atoms with van der Waals surface area (Å²) >= 11 is 1.52. The summed E-state index contributed by atoms with van der Waals surface area (Å²) in [5, 5.41) is 2.71. The number of hydrogen-bond acceptors (Lipinski definition) is 2. The quantitative estimate of drug-likeness (QED) is 0.848. The first-order valence-electron chi connectivity index (χ1n) is 6.80. The topological polar surface area (TPSA) is 29.1 Å². The Kier molecular flexibility index (Phi) is 5.39. The Morgan fingerprint density at radius 3 is 2.62 bits per heavy atom. The van der Waals surface area contributed by atoms with Crippen LogP contribution in [0.2, 0.25) is 0 Å². The standard InChI is InChI=1S/C17H18FNOS/c1-12-10-14(8-9-16(12)18)11-19-17(20)13(2)21-15-6-4-3-5-7-15/h3-10,13H,11H2,1-2H3,(H,19,20). The van der Waals surface area contributed by atoms with Gasteiger partial charge in [0.15, 0.2) is 0 Å². The highest BCUT2D eigenvalue weighted by atomic mass is 32.2. The Labute approximate surface area is 128 Å². The van der Waals surface area contributed by atoms with Gasteiger partial charge in [0.2, 0.25) is 5.91 Å². The molecule has 1 atom stereocenters. The second-order valence-corrected chi connectivity index (χ2v) is 6.29. The normalized spacial score (nSPS) is 12.0. The lowest BCUT2D eigenvalue weighted by atomic mass is 10.1. The number of hydrogen-bond donors (Lipinski definition) is 1. The van der Waals surface area contributed by atoms with Gasteiger partial charge >= 0.3 is 0 Å². The van der Waals surface area contributed by atoms with Crippen molar-refractivity contribution >= 4 is 17.7 Å². The lowest BCUT2D eigenvalue weighted by molar-refractivity contribution is -0.120. The highest BCUT2D eigenvalue weighted by Crippen LogP contribution is 2.22. The first kappa shape index (κ1) is 15.6. The van der Waals surface area contributed by atoms with Gasteiger partial charge in [-0.3, -0.25) is 4.79 Å². The van der Waals surface area contributed by atoms with Crippen molar-refractivity contribution in [3.63, 3.8) is 0 Å². The smallest absolute Gasteiger partial charge is 0.233 e. The molecule has 2 nitrogen and oxygen atoms in total. The molecule has 0 fully saturated rings. The largest absolute Gasteiger partial charge is 0.351 e. The summed E-state index contributed by atoms with van der Waals surface area (Å²) < 4.78 is 13.2. The number of thioether (sulfide) groups is 1. The predicted octanol–water partition coefficient (Wildman–Crippen LogP) is 3.93. The number of carbonyl (C=O) groups is 1. The fourth-order valence-electron chi connectivity index (χ4n) is 1.91. The van der Waals surface area contributed by atoms with Crippen molar-refractivity contribution in [2.24, 2.45) is 0 Å². The number of nitrogens with one attached hydrogen (secondary N) is 1. The van der Waals surface area contributed by atoms with Crippen molar-refractivity contribution in [3.8, 4) is 0 Å².